The Hall–Kier alpha value is -1.16. The molecule has 0 atom stereocenters. The zero-order valence-corrected chi connectivity index (χ0v) is 12.6. The Morgan fingerprint density at radius 2 is 2.11 bits per heavy atom. The summed E-state index contributed by atoms with van der Waals surface area (Å²) in [6.45, 7) is 4.36. The van der Waals surface area contributed by atoms with E-state index in [0.717, 1.165) is 30.1 Å². The van der Waals surface area contributed by atoms with E-state index < -0.39 is 0 Å². The van der Waals surface area contributed by atoms with Crippen molar-refractivity contribution in [1.29, 1.82) is 0 Å². The van der Waals surface area contributed by atoms with Crippen molar-refractivity contribution in [3.63, 3.8) is 0 Å². The van der Waals surface area contributed by atoms with Crippen LogP contribution in [0.4, 0.5) is 11.4 Å². The zero-order chi connectivity index (χ0) is 13.7. The van der Waals surface area contributed by atoms with Gasteiger partial charge in [-0.2, -0.15) is 11.8 Å². The van der Waals surface area contributed by atoms with Crippen LogP contribution in [-0.2, 0) is 4.79 Å². The number of hydrogen-bond acceptors (Lipinski definition) is 3. The van der Waals surface area contributed by atoms with Gasteiger partial charge in [-0.1, -0.05) is 0 Å². The quantitative estimate of drug-likeness (QED) is 0.897. The molecule has 1 fully saturated rings. The van der Waals surface area contributed by atoms with Crippen LogP contribution in [-0.4, -0.2) is 31.0 Å². The van der Waals surface area contributed by atoms with Crippen molar-refractivity contribution in [3.8, 4) is 0 Å². The molecule has 1 aliphatic heterocycles. The topological polar surface area (TPSA) is 32.3 Å². The van der Waals surface area contributed by atoms with Crippen LogP contribution in [0.2, 0.25) is 0 Å². The smallest absolute Gasteiger partial charge is 0.225 e. The number of anilines is 2. The summed E-state index contributed by atoms with van der Waals surface area (Å²) in [5.41, 5.74) is 3.35. The minimum absolute atomic E-state index is 0.103. The van der Waals surface area contributed by atoms with E-state index in [9.17, 15) is 4.79 Å². The number of nitrogens with zero attached hydrogens (tertiary/aromatic N) is 1. The molecule has 0 saturated carbocycles. The SMILES string of the molecule is CSCCC(=O)Nc1ccc(N2CCCC2)cc1C. The van der Waals surface area contributed by atoms with E-state index in [1.165, 1.54) is 18.5 Å². The molecule has 1 heterocycles. The van der Waals surface area contributed by atoms with Crippen molar-refractivity contribution in [2.24, 2.45) is 0 Å². The predicted molar refractivity (Wildman–Crippen MR) is 84.3 cm³/mol. The van der Waals surface area contributed by atoms with Crippen molar-refractivity contribution in [1.82, 2.24) is 0 Å². The molecule has 0 radical (unpaired) electrons. The number of benzene rings is 1. The predicted octanol–water partition coefficient (Wildman–Crippen LogP) is 3.29. The van der Waals surface area contributed by atoms with Crippen LogP contribution in [0.1, 0.15) is 24.8 Å². The van der Waals surface area contributed by atoms with E-state index in [-0.39, 0.29) is 5.91 Å². The summed E-state index contributed by atoms with van der Waals surface area (Å²) in [6.07, 6.45) is 5.16. The molecular formula is C15H22N2OS. The normalized spacial score (nSPS) is 14.7. The Balaban J connectivity index is 2.00. The number of thioether (sulfide) groups is 1. The number of nitrogens with one attached hydrogen (secondary N) is 1. The molecule has 3 nitrogen and oxygen atoms in total. The van der Waals surface area contributed by atoms with E-state index in [1.54, 1.807) is 11.8 Å². The fraction of sp³-hybridized carbons (Fsp3) is 0.533. The molecule has 1 amide bonds. The van der Waals surface area contributed by atoms with Gasteiger partial charge in [-0.3, -0.25) is 4.79 Å². The van der Waals surface area contributed by atoms with Gasteiger partial charge < -0.3 is 10.2 Å². The average molecular weight is 278 g/mol. The summed E-state index contributed by atoms with van der Waals surface area (Å²) in [5.74, 6) is 0.975. The third-order valence-corrected chi connectivity index (χ3v) is 4.10. The number of hydrogen-bond donors (Lipinski definition) is 1. The van der Waals surface area contributed by atoms with Crippen molar-refractivity contribution in [2.75, 3.05) is 35.3 Å². The minimum atomic E-state index is 0.103. The maximum absolute atomic E-state index is 11.7. The second-order valence-corrected chi connectivity index (χ2v) is 5.97. The first kappa shape index (κ1) is 14.3. The molecule has 0 aromatic heterocycles. The van der Waals surface area contributed by atoms with Gasteiger partial charge in [-0.05, 0) is 49.8 Å². The first-order valence-corrected chi connectivity index (χ1v) is 8.24. The van der Waals surface area contributed by atoms with Gasteiger partial charge in [-0.25, -0.2) is 0 Å². The summed E-state index contributed by atoms with van der Waals surface area (Å²) in [7, 11) is 0. The Morgan fingerprint density at radius 3 is 2.74 bits per heavy atom. The maximum atomic E-state index is 11.7. The molecule has 0 bridgehead atoms. The third kappa shape index (κ3) is 3.90. The van der Waals surface area contributed by atoms with Crippen molar-refractivity contribution in [2.45, 2.75) is 26.2 Å². The Labute approximate surface area is 119 Å². The number of aryl methyl sites for hydroxylation is 1. The lowest BCUT2D eigenvalue weighted by Crippen LogP contribution is -2.18. The molecule has 0 aliphatic carbocycles. The molecule has 2 rings (SSSR count). The van der Waals surface area contributed by atoms with Crippen LogP contribution in [0.3, 0.4) is 0 Å². The highest BCUT2D eigenvalue weighted by atomic mass is 32.2. The second-order valence-electron chi connectivity index (χ2n) is 4.98. The second kappa shape index (κ2) is 6.85. The zero-order valence-electron chi connectivity index (χ0n) is 11.7. The van der Waals surface area contributed by atoms with Crippen LogP contribution in [0.5, 0.6) is 0 Å². The third-order valence-electron chi connectivity index (χ3n) is 3.49. The van der Waals surface area contributed by atoms with E-state index in [2.05, 4.69) is 29.3 Å². The fourth-order valence-corrected chi connectivity index (χ4v) is 2.76. The Morgan fingerprint density at radius 1 is 1.37 bits per heavy atom. The Bertz CT molecular complexity index is 442. The molecule has 1 aliphatic rings. The van der Waals surface area contributed by atoms with Gasteiger partial charge >= 0.3 is 0 Å². The largest absolute Gasteiger partial charge is 0.372 e. The Kier molecular flexibility index (Phi) is 5.14. The molecule has 1 saturated heterocycles. The average Bonchev–Trinajstić information content (AvgIpc) is 2.92. The highest BCUT2D eigenvalue weighted by molar-refractivity contribution is 7.98. The lowest BCUT2D eigenvalue weighted by atomic mass is 10.1. The molecule has 4 heteroatoms. The molecule has 1 aromatic rings. The van der Waals surface area contributed by atoms with Crippen LogP contribution in [0.15, 0.2) is 18.2 Å². The minimum Gasteiger partial charge on any atom is -0.372 e. The van der Waals surface area contributed by atoms with Crippen LogP contribution in [0, 0.1) is 6.92 Å². The molecule has 19 heavy (non-hydrogen) atoms. The first-order chi connectivity index (χ1) is 9.20. The number of rotatable bonds is 5. The standard InChI is InChI=1S/C15H22N2OS/c1-12-11-13(17-8-3-4-9-17)5-6-14(12)16-15(18)7-10-19-2/h5-6,11H,3-4,7-10H2,1-2H3,(H,16,18). The summed E-state index contributed by atoms with van der Waals surface area (Å²) in [4.78, 5) is 14.1. The maximum Gasteiger partial charge on any atom is 0.225 e. The van der Waals surface area contributed by atoms with E-state index in [1.807, 2.05) is 12.3 Å². The van der Waals surface area contributed by atoms with Crippen molar-refractivity contribution in [3.05, 3.63) is 23.8 Å². The van der Waals surface area contributed by atoms with Crippen molar-refractivity contribution >= 4 is 29.0 Å². The molecule has 0 unspecified atom stereocenters. The van der Waals surface area contributed by atoms with Crippen molar-refractivity contribution < 1.29 is 4.79 Å². The van der Waals surface area contributed by atoms with Crippen LogP contribution >= 0.6 is 11.8 Å². The molecule has 1 N–H and O–H groups in total. The first-order valence-electron chi connectivity index (χ1n) is 6.85. The van der Waals surface area contributed by atoms with Gasteiger partial charge in [0.15, 0.2) is 0 Å². The summed E-state index contributed by atoms with van der Waals surface area (Å²) >= 11 is 1.70. The molecule has 1 aromatic carbocycles. The lowest BCUT2D eigenvalue weighted by Gasteiger charge is -2.19. The van der Waals surface area contributed by atoms with Gasteiger partial charge in [-0.15, -0.1) is 0 Å². The molecular weight excluding hydrogens is 256 g/mol. The summed E-state index contributed by atoms with van der Waals surface area (Å²) in [6, 6.07) is 6.32. The van der Waals surface area contributed by atoms with Gasteiger partial charge in [0.25, 0.3) is 0 Å². The van der Waals surface area contributed by atoms with Gasteiger partial charge in [0.1, 0.15) is 0 Å². The van der Waals surface area contributed by atoms with E-state index in [0.29, 0.717) is 6.42 Å². The number of amides is 1. The van der Waals surface area contributed by atoms with Gasteiger partial charge in [0, 0.05) is 36.6 Å². The lowest BCUT2D eigenvalue weighted by molar-refractivity contribution is -0.115. The molecule has 104 valence electrons. The highest BCUT2D eigenvalue weighted by Gasteiger charge is 2.13. The van der Waals surface area contributed by atoms with Gasteiger partial charge in [0.2, 0.25) is 5.91 Å². The fourth-order valence-electron chi connectivity index (χ4n) is 2.37. The summed E-state index contributed by atoms with van der Waals surface area (Å²) in [5, 5.41) is 2.99. The van der Waals surface area contributed by atoms with Gasteiger partial charge in [0.05, 0.1) is 0 Å². The summed E-state index contributed by atoms with van der Waals surface area (Å²) < 4.78 is 0. The van der Waals surface area contributed by atoms with E-state index in [4.69, 9.17) is 0 Å². The molecule has 0 spiro atoms. The van der Waals surface area contributed by atoms with Crippen LogP contribution < -0.4 is 10.2 Å². The monoisotopic (exact) mass is 278 g/mol. The highest BCUT2D eigenvalue weighted by Crippen LogP contribution is 2.25. The van der Waals surface area contributed by atoms with Crippen LogP contribution in [0.25, 0.3) is 0 Å². The van der Waals surface area contributed by atoms with E-state index >= 15 is 0 Å². The number of carbonyl (C=O) groups is 1. The number of carbonyl (C=O) groups excluding carboxylic acids is 1.